The van der Waals surface area contributed by atoms with Crippen molar-refractivity contribution in [2.24, 2.45) is 11.3 Å². The van der Waals surface area contributed by atoms with Crippen molar-refractivity contribution in [3.63, 3.8) is 0 Å². The van der Waals surface area contributed by atoms with Gasteiger partial charge in [-0.2, -0.15) is 0 Å². The van der Waals surface area contributed by atoms with Gasteiger partial charge in [-0.25, -0.2) is 0 Å². The van der Waals surface area contributed by atoms with Gasteiger partial charge < -0.3 is 18.9 Å². The van der Waals surface area contributed by atoms with Crippen LogP contribution in [0.5, 0.6) is 23.0 Å². The summed E-state index contributed by atoms with van der Waals surface area (Å²) in [7, 11) is 6.41. The second-order valence-electron chi connectivity index (χ2n) is 7.98. The highest BCUT2D eigenvalue weighted by Crippen LogP contribution is 2.25. The molecule has 0 spiro atoms. The summed E-state index contributed by atoms with van der Waals surface area (Å²) in [4.78, 5) is 0. The highest BCUT2D eigenvalue weighted by atomic mass is 31.1. The first-order valence-corrected chi connectivity index (χ1v) is 11.0. The summed E-state index contributed by atoms with van der Waals surface area (Å²) in [5.74, 6) is 3.88. The Bertz CT molecular complexity index is 627. The van der Waals surface area contributed by atoms with Crippen LogP contribution in [0.4, 0.5) is 0 Å². The first kappa shape index (κ1) is 27.7. The SMILES string of the molecule is CC(C[PH+]=O)CC(C)(C)C.COc1cccc(OC)c1.COc1cccc(OC)c1. The molecule has 30 heavy (non-hydrogen) atoms. The van der Waals surface area contributed by atoms with Crippen molar-refractivity contribution < 1.29 is 23.5 Å². The molecule has 0 fully saturated rings. The predicted molar refractivity (Wildman–Crippen MR) is 126 cm³/mol. The van der Waals surface area contributed by atoms with Gasteiger partial charge in [0.25, 0.3) is 0 Å². The third-order valence-electron chi connectivity index (χ3n) is 3.95. The third kappa shape index (κ3) is 13.8. The van der Waals surface area contributed by atoms with Crippen molar-refractivity contribution >= 4 is 8.46 Å². The maximum Gasteiger partial charge on any atom is 0.325 e. The van der Waals surface area contributed by atoms with E-state index in [1.165, 1.54) is 6.42 Å². The quantitative estimate of drug-likeness (QED) is 0.463. The molecular weight excluding hydrogens is 399 g/mol. The summed E-state index contributed by atoms with van der Waals surface area (Å²) < 4.78 is 30.2. The fourth-order valence-corrected chi connectivity index (χ4v) is 3.14. The Morgan fingerprint density at radius 2 is 1.10 bits per heavy atom. The molecule has 2 aromatic carbocycles. The van der Waals surface area contributed by atoms with Crippen molar-refractivity contribution in [3.05, 3.63) is 48.5 Å². The zero-order valence-electron chi connectivity index (χ0n) is 19.7. The summed E-state index contributed by atoms with van der Waals surface area (Å²) >= 11 is 0. The van der Waals surface area contributed by atoms with E-state index in [1.54, 1.807) is 28.4 Å². The lowest BCUT2D eigenvalue weighted by Gasteiger charge is -2.20. The molecular formula is C24H38O5P+. The molecule has 0 aliphatic rings. The molecule has 2 atom stereocenters. The van der Waals surface area contributed by atoms with E-state index in [0.717, 1.165) is 29.2 Å². The third-order valence-corrected chi connectivity index (χ3v) is 4.81. The lowest BCUT2D eigenvalue weighted by Crippen LogP contribution is -2.11. The fraction of sp³-hybridized carbons (Fsp3) is 0.500. The topological polar surface area (TPSA) is 54.0 Å². The molecule has 168 valence electrons. The minimum atomic E-state index is -0.126. The Morgan fingerprint density at radius 1 is 0.767 bits per heavy atom. The highest BCUT2D eigenvalue weighted by Gasteiger charge is 2.16. The first-order chi connectivity index (χ1) is 14.2. The number of benzene rings is 2. The number of hydrogen-bond donors (Lipinski definition) is 0. The zero-order valence-corrected chi connectivity index (χ0v) is 20.7. The average Bonchev–Trinajstić information content (AvgIpc) is 2.73. The Balaban J connectivity index is 0.000000420. The Morgan fingerprint density at radius 3 is 1.33 bits per heavy atom. The number of rotatable bonds is 7. The summed E-state index contributed by atoms with van der Waals surface area (Å²) in [6.07, 6.45) is 2.03. The molecule has 0 amide bonds. The van der Waals surface area contributed by atoms with Crippen LogP contribution in [-0.2, 0) is 4.57 Å². The lowest BCUT2D eigenvalue weighted by molar-refractivity contribution is 0.322. The highest BCUT2D eigenvalue weighted by molar-refractivity contribution is 7.23. The molecule has 0 saturated carbocycles. The molecule has 2 rings (SSSR count). The van der Waals surface area contributed by atoms with Gasteiger partial charge in [0.2, 0.25) is 0 Å². The van der Waals surface area contributed by atoms with E-state index in [-0.39, 0.29) is 8.46 Å². The van der Waals surface area contributed by atoms with E-state index in [4.69, 9.17) is 18.9 Å². The molecule has 6 heteroatoms. The van der Waals surface area contributed by atoms with Crippen molar-refractivity contribution in [2.75, 3.05) is 34.6 Å². The lowest BCUT2D eigenvalue weighted by atomic mass is 9.86. The molecule has 0 aliphatic carbocycles. The molecule has 0 heterocycles. The molecule has 5 nitrogen and oxygen atoms in total. The van der Waals surface area contributed by atoms with Crippen molar-refractivity contribution in [3.8, 4) is 23.0 Å². The van der Waals surface area contributed by atoms with Crippen LogP contribution in [-0.4, -0.2) is 34.6 Å². The van der Waals surface area contributed by atoms with E-state index in [9.17, 15) is 4.57 Å². The van der Waals surface area contributed by atoms with Crippen LogP contribution in [0.25, 0.3) is 0 Å². The van der Waals surface area contributed by atoms with Gasteiger partial charge in [0.05, 0.1) is 28.4 Å². The van der Waals surface area contributed by atoms with Gasteiger partial charge in [0, 0.05) is 18.1 Å². The summed E-state index contributed by atoms with van der Waals surface area (Å²) in [6.45, 7) is 8.82. The maximum atomic E-state index is 10.3. The van der Waals surface area contributed by atoms with Crippen LogP contribution in [0.2, 0.25) is 0 Å². The van der Waals surface area contributed by atoms with Crippen molar-refractivity contribution in [1.82, 2.24) is 0 Å². The van der Waals surface area contributed by atoms with Gasteiger partial charge in [-0.05, 0) is 36.1 Å². The van der Waals surface area contributed by atoms with Gasteiger partial charge >= 0.3 is 8.46 Å². The minimum absolute atomic E-state index is 0.126. The van der Waals surface area contributed by atoms with Crippen LogP contribution < -0.4 is 18.9 Å². The second kappa shape index (κ2) is 15.6. The molecule has 2 unspecified atom stereocenters. The van der Waals surface area contributed by atoms with E-state index in [1.807, 2.05) is 48.5 Å². The normalized spacial score (nSPS) is 11.2. The molecule has 0 aromatic heterocycles. The van der Waals surface area contributed by atoms with Gasteiger partial charge in [-0.15, -0.1) is 0 Å². The van der Waals surface area contributed by atoms with Crippen LogP contribution in [0, 0.1) is 11.3 Å². The number of ether oxygens (including phenoxy) is 4. The van der Waals surface area contributed by atoms with Gasteiger partial charge in [-0.1, -0.05) is 44.4 Å². The first-order valence-electron chi connectivity index (χ1n) is 9.90. The Hall–Kier alpha value is -2.26. The monoisotopic (exact) mass is 437 g/mol. The molecule has 0 bridgehead atoms. The summed E-state index contributed by atoms with van der Waals surface area (Å²) in [5, 5.41) is 0. The maximum absolute atomic E-state index is 10.3. The standard InChI is InChI=1S/2C8H10O2.C8H17OP/c2*1-9-7-4-3-5-8(6-7)10-2;1-7(6-10-9)5-8(2,3)4/h2*3-6H,1-2H3;7H,5-6H2,1-4H3/p+1. The fourth-order valence-electron chi connectivity index (χ4n) is 2.72. The zero-order chi connectivity index (χ0) is 23.0. The minimum Gasteiger partial charge on any atom is -0.497 e. The molecule has 0 aliphatic heterocycles. The molecule has 0 saturated heterocycles. The van der Waals surface area contributed by atoms with Crippen molar-refractivity contribution in [1.29, 1.82) is 0 Å². The molecule has 2 aromatic rings. The van der Waals surface area contributed by atoms with E-state index < -0.39 is 0 Å². The van der Waals surface area contributed by atoms with Gasteiger partial charge in [0.15, 0.2) is 0 Å². The van der Waals surface area contributed by atoms with Gasteiger partial charge in [0.1, 0.15) is 29.2 Å². The van der Waals surface area contributed by atoms with Crippen LogP contribution in [0.3, 0.4) is 0 Å². The largest absolute Gasteiger partial charge is 0.497 e. The summed E-state index contributed by atoms with van der Waals surface area (Å²) in [5.41, 5.74) is 0.388. The van der Waals surface area contributed by atoms with E-state index in [2.05, 4.69) is 27.7 Å². The smallest absolute Gasteiger partial charge is 0.325 e. The van der Waals surface area contributed by atoms with Crippen LogP contribution in [0.1, 0.15) is 34.1 Å². The predicted octanol–water partition coefficient (Wildman–Crippen LogP) is 6.49. The average molecular weight is 438 g/mol. The molecule has 0 radical (unpaired) electrons. The van der Waals surface area contributed by atoms with E-state index in [0.29, 0.717) is 11.3 Å². The van der Waals surface area contributed by atoms with Crippen LogP contribution >= 0.6 is 8.46 Å². The molecule has 0 N–H and O–H groups in total. The Kier molecular flexibility index (Phi) is 14.4. The van der Waals surface area contributed by atoms with Crippen molar-refractivity contribution in [2.45, 2.75) is 34.1 Å². The summed E-state index contributed by atoms with van der Waals surface area (Å²) in [6, 6.07) is 14.9. The second-order valence-corrected chi connectivity index (χ2v) is 8.68. The van der Waals surface area contributed by atoms with Crippen LogP contribution in [0.15, 0.2) is 48.5 Å². The van der Waals surface area contributed by atoms with E-state index >= 15 is 0 Å². The Labute approximate surface area is 183 Å². The number of hydrogen-bond acceptors (Lipinski definition) is 5. The van der Waals surface area contributed by atoms with Gasteiger partial charge in [-0.3, -0.25) is 0 Å². The number of methoxy groups -OCH3 is 4.